The predicted octanol–water partition coefficient (Wildman–Crippen LogP) is 8.03. The summed E-state index contributed by atoms with van der Waals surface area (Å²) in [6.07, 6.45) is -9.21. The Morgan fingerprint density at radius 1 is 0.523 bits per heavy atom. The molecule has 4 rings (SSSR count). The predicted molar refractivity (Wildman–Crippen MR) is 159 cm³/mol. The summed E-state index contributed by atoms with van der Waals surface area (Å²) in [4.78, 5) is 28.1. The third kappa shape index (κ3) is 7.31. The highest BCUT2D eigenvalue weighted by Gasteiger charge is 2.35. The zero-order valence-electron chi connectivity index (χ0n) is 24.1. The van der Waals surface area contributed by atoms with E-state index in [0.717, 1.165) is 12.1 Å². The third-order valence-electron chi connectivity index (χ3n) is 6.71. The summed E-state index contributed by atoms with van der Waals surface area (Å²) >= 11 is 0. The normalized spacial score (nSPS) is 11.6. The van der Waals surface area contributed by atoms with E-state index in [1.54, 1.807) is 24.3 Å². The van der Waals surface area contributed by atoms with Crippen LogP contribution < -0.4 is 20.4 Å². The van der Waals surface area contributed by atoms with Crippen molar-refractivity contribution in [3.8, 4) is 11.1 Å². The number of carbonyl (C=O) groups is 2. The van der Waals surface area contributed by atoms with E-state index in [0.29, 0.717) is 11.1 Å². The van der Waals surface area contributed by atoms with Crippen molar-refractivity contribution in [3.05, 3.63) is 107 Å². The van der Waals surface area contributed by atoms with Gasteiger partial charge in [0.15, 0.2) is 0 Å². The average Bonchev–Trinajstić information content (AvgIpc) is 2.96. The van der Waals surface area contributed by atoms with Crippen molar-refractivity contribution in [1.29, 1.82) is 0 Å². The van der Waals surface area contributed by atoms with Crippen molar-refractivity contribution in [2.75, 3.05) is 48.6 Å². The van der Waals surface area contributed by atoms with Gasteiger partial charge >= 0.3 is 12.4 Å². The monoisotopic (exact) mass is 614 g/mol. The molecule has 0 radical (unpaired) electrons. The van der Waals surface area contributed by atoms with Crippen LogP contribution in [0, 0.1) is 0 Å². The summed E-state index contributed by atoms with van der Waals surface area (Å²) < 4.78 is 81.1. The Bertz CT molecular complexity index is 1540. The molecule has 0 heterocycles. The fourth-order valence-electron chi connectivity index (χ4n) is 4.50. The van der Waals surface area contributed by atoms with Gasteiger partial charge in [-0.05, 0) is 71.8 Å². The summed E-state index contributed by atoms with van der Waals surface area (Å²) in [5.74, 6) is -1.19. The molecule has 44 heavy (non-hydrogen) atoms. The van der Waals surface area contributed by atoms with Crippen LogP contribution in [0.25, 0.3) is 11.1 Å². The first-order valence-corrected chi connectivity index (χ1v) is 13.1. The van der Waals surface area contributed by atoms with Gasteiger partial charge in [-0.25, -0.2) is 0 Å². The van der Waals surface area contributed by atoms with Gasteiger partial charge in [0.1, 0.15) is 0 Å². The second-order valence-electron chi connectivity index (χ2n) is 10.3. The van der Waals surface area contributed by atoms with Crippen LogP contribution in [0.5, 0.6) is 0 Å². The van der Waals surface area contributed by atoms with E-state index in [1.165, 1.54) is 86.5 Å². The second kappa shape index (κ2) is 12.3. The van der Waals surface area contributed by atoms with Crippen LogP contribution in [-0.2, 0) is 12.4 Å². The lowest BCUT2D eigenvalue weighted by atomic mass is 10.0. The molecule has 0 fully saturated rings. The largest absolute Gasteiger partial charge is 0.418 e. The summed E-state index contributed by atoms with van der Waals surface area (Å²) in [6, 6.07) is 19.7. The van der Waals surface area contributed by atoms with E-state index in [-0.39, 0.29) is 33.9 Å². The molecular weight excluding hydrogens is 586 g/mol. The lowest BCUT2D eigenvalue weighted by Gasteiger charge is -2.20. The number of anilines is 4. The van der Waals surface area contributed by atoms with E-state index >= 15 is 0 Å². The van der Waals surface area contributed by atoms with Crippen LogP contribution >= 0.6 is 0 Å². The SMILES string of the molecule is CN(C)c1ccc(NC(=O)c2ccc(-c3ccc(C(=O)Nc4ccc(N(C)C)c(C(F)(F)F)c4)cc3)cc2)cc1C(F)(F)F. The lowest BCUT2D eigenvalue weighted by molar-refractivity contribution is -0.137. The third-order valence-corrected chi connectivity index (χ3v) is 6.71. The molecule has 12 heteroatoms. The maximum absolute atomic E-state index is 13.5. The number of alkyl halides is 6. The van der Waals surface area contributed by atoms with E-state index in [1.807, 2.05) is 0 Å². The Morgan fingerprint density at radius 3 is 1.11 bits per heavy atom. The molecule has 0 bridgehead atoms. The number of nitrogens with zero attached hydrogens (tertiary/aromatic N) is 2. The number of nitrogens with one attached hydrogen (secondary N) is 2. The molecule has 0 aliphatic rings. The number of carbonyl (C=O) groups excluding carboxylic acids is 2. The Balaban J connectivity index is 1.45. The molecule has 0 aromatic heterocycles. The van der Waals surface area contributed by atoms with Gasteiger partial charge in [0.2, 0.25) is 0 Å². The van der Waals surface area contributed by atoms with Crippen molar-refractivity contribution < 1.29 is 35.9 Å². The standard InChI is InChI=1S/C32H28F6N4O2/c1-41(2)27-15-13-23(17-25(27)31(33,34)35)39-29(43)21-9-5-19(6-10-21)20-7-11-22(12-8-20)30(44)40-24-14-16-28(42(3)4)26(18-24)32(36,37)38/h5-18H,1-4H3,(H,39,43)(H,40,44). The van der Waals surface area contributed by atoms with E-state index in [2.05, 4.69) is 10.6 Å². The molecule has 0 atom stereocenters. The van der Waals surface area contributed by atoms with Crippen molar-refractivity contribution >= 4 is 34.6 Å². The Morgan fingerprint density at radius 2 is 0.841 bits per heavy atom. The van der Waals surface area contributed by atoms with Gasteiger partial charge in [-0.3, -0.25) is 9.59 Å². The molecule has 0 aliphatic carbocycles. The van der Waals surface area contributed by atoms with E-state index < -0.39 is 35.3 Å². The lowest BCUT2D eigenvalue weighted by Crippen LogP contribution is -2.18. The second-order valence-corrected chi connectivity index (χ2v) is 10.3. The van der Waals surface area contributed by atoms with Gasteiger partial charge in [-0.2, -0.15) is 26.3 Å². The Kier molecular flexibility index (Phi) is 8.93. The summed E-state index contributed by atoms with van der Waals surface area (Å²) in [7, 11) is 5.98. The summed E-state index contributed by atoms with van der Waals surface area (Å²) in [5.41, 5.74) is -0.00257. The first kappa shape index (κ1) is 31.9. The van der Waals surface area contributed by atoms with Gasteiger partial charge in [0.25, 0.3) is 11.8 Å². The minimum Gasteiger partial charge on any atom is -0.377 e. The maximum Gasteiger partial charge on any atom is 0.418 e. The van der Waals surface area contributed by atoms with Crippen LogP contribution in [0.2, 0.25) is 0 Å². The number of benzene rings is 4. The van der Waals surface area contributed by atoms with Crippen molar-refractivity contribution in [1.82, 2.24) is 0 Å². The molecule has 4 aromatic carbocycles. The number of hydrogen-bond acceptors (Lipinski definition) is 4. The number of rotatable bonds is 7. The molecular formula is C32H28F6N4O2. The molecule has 2 N–H and O–H groups in total. The minimum atomic E-state index is -4.60. The fourth-order valence-corrected chi connectivity index (χ4v) is 4.50. The van der Waals surface area contributed by atoms with Crippen molar-refractivity contribution in [2.24, 2.45) is 0 Å². The molecule has 0 saturated heterocycles. The van der Waals surface area contributed by atoms with Gasteiger partial charge in [-0.15, -0.1) is 0 Å². The average molecular weight is 615 g/mol. The summed E-state index contributed by atoms with van der Waals surface area (Å²) in [5, 5.41) is 4.98. The highest BCUT2D eigenvalue weighted by molar-refractivity contribution is 6.05. The zero-order chi connectivity index (χ0) is 32.4. The van der Waals surface area contributed by atoms with Gasteiger partial charge in [0, 0.05) is 62.1 Å². The smallest absolute Gasteiger partial charge is 0.377 e. The Hall–Kier alpha value is -5.00. The molecule has 0 aliphatic heterocycles. The van der Waals surface area contributed by atoms with Gasteiger partial charge in [0.05, 0.1) is 11.1 Å². The van der Waals surface area contributed by atoms with Crippen LogP contribution in [0.1, 0.15) is 31.8 Å². The zero-order valence-corrected chi connectivity index (χ0v) is 24.1. The van der Waals surface area contributed by atoms with E-state index in [4.69, 9.17) is 0 Å². The van der Waals surface area contributed by atoms with Crippen molar-refractivity contribution in [2.45, 2.75) is 12.4 Å². The molecule has 4 aromatic rings. The molecule has 2 amide bonds. The number of halogens is 6. The molecule has 0 unspecified atom stereocenters. The molecule has 0 saturated carbocycles. The molecule has 0 spiro atoms. The molecule has 230 valence electrons. The van der Waals surface area contributed by atoms with Gasteiger partial charge < -0.3 is 20.4 Å². The number of hydrogen-bond donors (Lipinski definition) is 2. The van der Waals surface area contributed by atoms with Crippen LogP contribution in [0.15, 0.2) is 84.9 Å². The minimum absolute atomic E-state index is 0.00543. The van der Waals surface area contributed by atoms with Gasteiger partial charge in [-0.1, -0.05) is 24.3 Å². The fraction of sp³-hybridized carbons (Fsp3) is 0.188. The van der Waals surface area contributed by atoms with E-state index in [9.17, 15) is 35.9 Å². The van der Waals surface area contributed by atoms with Crippen LogP contribution in [0.4, 0.5) is 49.1 Å². The first-order chi connectivity index (χ1) is 20.5. The maximum atomic E-state index is 13.5. The quantitative estimate of drug-likeness (QED) is 0.207. The highest BCUT2D eigenvalue weighted by atomic mass is 19.4. The topological polar surface area (TPSA) is 64.7 Å². The number of amides is 2. The van der Waals surface area contributed by atoms with Crippen LogP contribution in [0.3, 0.4) is 0 Å². The first-order valence-electron chi connectivity index (χ1n) is 13.1. The Labute approximate surface area is 249 Å². The van der Waals surface area contributed by atoms with Crippen LogP contribution in [-0.4, -0.2) is 40.0 Å². The molecule has 6 nitrogen and oxygen atoms in total. The van der Waals surface area contributed by atoms with Crippen molar-refractivity contribution in [3.63, 3.8) is 0 Å². The highest BCUT2D eigenvalue weighted by Crippen LogP contribution is 2.39. The summed E-state index contributed by atoms with van der Waals surface area (Å²) in [6.45, 7) is 0.